The van der Waals surface area contributed by atoms with Crippen LogP contribution in [0.1, 0.15) is 17.0 Å². The van der Waals surface area contributed by atoms with Gasteiger partial charge in [-0.2, -0.15) is 23.4 Å². The van der Waals surface area contributed by atoms with Gasteiger partial charge in [-0.25, -0.2) is 9.97 Å². The summed E-state index contributed by atoms with van der Waals surface area (Å²) in [6, 6.07) is 3.01. The smallest absolute Gasteiger partial charge is 0.387 e. The Morgan fingerprint density at radius 3 is 2.83 bits per heavy atom. The third-order valence-corrected chi connectivity index (χ3v) is 3.79. The number of hydrogen-bond donors (Lipinski definition) is 1. The first-order chi connectivity index (χ1) is 11.0. The lowest BCUT2D eigenvalue weighted by molar-refractivity contribution is -0.0506. The molecule has 0 radical (unpaired) electrons. The summed E-state index contributed by atoms with van der Waals surface area (Å²) in [4.78, 5) is 12.5. The van der Waals surface area contributed by atoms with Crippen LogP contribution >= 0.6 is 15.9 Å². The van der Waals surface area contributed by atoms with Crippen LogP contribution in [0.2, 0.25) is 0 Å². The molecular formula is C13H11BrF2N6O. The SMILES string of the molecule is Cc1nc2ncnn2c(N)c1Cc1ccc(OC(F)F)c(Br)n1. The molecule has 0 fully saturated rings. The van der Waals surface area contributed by atoms with Crippen molar-refractivity contribution < 1.29 is 13.5 Å². The number of aryl methyl sites for hydroxylation is 1. The van der Waals surface area contributed by atoms with Crippen LogP contribution in [0.3, 0.4) is 0 Å². The standard InChI is InChI=1S/C13H11BrF2N6O/c1-6-8(11(17)22-13(20-6)18-5-19-22)4-7-2-3-9(10(14)21-7)23-12(15)16/h2-3,5,12H,4,17H2,1H3. The second-order valence-electron chi connectivity index (χ2n) is 4.68. The molecule has 0 unspecified atom stereocenters. The van der Waals surface area contributed by atoms with Crippen molar-refractivity contribution in [2.75, 3.05) is 5.73 Å². The summed E-state index contributed by atoms with van der Waals surface area (Å²) >= 11 is 3.12. The molecule has 23 heavy (non-hydrogen) atoms. The molecule has 0 saturated carbocycles. The summed E-state index contributed by atoms with van der Waals surface area (Å²) in [6.45, 7) is -1.10. The second kappa shape index (κ2) is 6.03. The molecule has 0 bridgehead atoms. The van der Waals surface area contributed by atoms with E-state index >= 15 is 0 Å². The fourth-order valence-corrected chi connectivity index (χ4v) is 2.61. The van der Waals surface area contributed by atoms with Crippen molar-refractivity contribution in [3.8, 4) is 5.75 Å². The van der Waals surface area contributed by atoms with E-state index in [-0.39, 0.29) is 10.4 Å². The number of rotatable bonds is 4. The van der Waals surface area contributed by atoms with Crippen LogP contribution in [0.5, 0.6) is 5.75 Å². The van der Waals surface area contributed by atoms with E-state index in [2.05, 4.69) is 40.7 Å². The van der Waals surface area contributed by atoms with Gasteiger partial charge in [0.15, 0.2) is 5.75 Å². The Morgan fingerprint density at radius 1 is 1.35 bits per heavy atom. The number of alkyl halides is 2. The molecular weight excluding hydrogens is 374 g/mol. The molecule has 120 valence electrons. The molecule has 0 saturated heterocycles. The van der Waals surface area contributed by atoms with Gasteiger partial charge in [0, 0.05) is 23.4 Å². The predicted molar refractivity (Wildman–Crippen MR) is 81.3 cm³/mol. The molecule has 0 aromatic carbocycles. The van der Waals surface area contributed by atoms with Crippen molar-refractivity contribution in [1.82, 2.24) is 24.6 Å². The zero-order valence-electron chi connectivity index (χ0n) is 11.9. The fourth-order valence-electron chi connectivity index (χ4n) is 2.15. The van der Waals surface area contributed by atoms with Gasteiger partial charge in [0.2, 0.25) is 0 Å². The average Bonchev–Trinajstić information content (AvgIpc) is 2.94. The van der Waals surface area contributed by atoms with E-state index in [1.54, 1.807) is 6.07 Å². The molecule has 10 heteroatoms. The molecule has 3 heterocycles. The third-order valence-electron chi connectivity index (χ3n) is 3.22. The van der Waals surface area contributed by atoms with E-state index in [0.29, 0.717) is 29.4 Å². The van der Waals surface area contributed by atoms with Crippen molar-refractivity contribution >= 4 is 27.5 Å². The summed E-state index contributed by atoms with van der Waals surface area (Å²) in [5.41, 5.74) is 8.17. The van der Waals surface area contributed by atoms with Gasteiger partial charge in [0.05, 0.1) is 0 Å². The maximum absolute atomic E-state index is 12.3. The topological polar surface area (TPSA) is 91.2 Å². The maximum atomic E-state index is 12.3. The van der Waals surface area contributed by atoms with Crippen LogP contribution in [-0.4, -0.2) is 31.2 Å². The highest BCUT2D eigenvalue weighted by Gasteiger charge is 2.15. The zero-order valence-corrected chi connectivity index (χ0v) is 13.5. The maximum Gasteiger partial charge on any atom is 0.387 e. The molecule has 0 atom stereocenters. The quantitative estimate of drug-likeness (QED) is 0.694. The van der Waals surface area contributed by atoms with Crippen molar-refractivity contribution in [2.24, 2.45) is 0 Å². The van der Waals surface area contributed by atoms with Gasteiger partial charge in [-0.3, -0.25) is 0 Å². The summed E-state index contributed by atoms with van der Waals surface area (Å²) in [5.74, 6) is 0.799. The molecule has 0 spiro atoms. The Labute approximate surface area is 137 Å². The lowest BCUT2D eigenvalue weighted by Crippen LogP contribution is -2.10. The highest BCUT2D eigenvalue weighted by molar-refractivity contribution is 9.10. The van der Waals surface area contributed by atoms with E-state index < -0.39 is 6.61 Å². The third kappa shape index (κ3) is 3.07. The predicted octanol–water partition coefficient (Wildman–Crippen LogP) is 2.36. The van der Waals surface area contributed by atoms with Crippen LogP contribution in [0.15, 0.2) is 23.1 Å². The van der Waals surface area contributed by atoms with Gasteiger partial charge in [-0.05, 0) is 35.0 Å². The molecule has 0 aliphatic heterocycles. The molecule has 0 aliphatic carbocycles. The van der Waals surface area contributed by atoms with Crippen molar-refractivity contribution in [2.45, 2.75) is 20.0 Å². The number of ether oxygens (including phenoxy) is 1. The number of anilines is 1. The number of nitrogens with zero attached hydrogens (tertiary/aromatic N) is 5. The minimum absolute atomic E-state index is 0.0294. The summed E-state index contributed by atoms with van der Waals surface area (Å²) in [7, 11) is 0. The summed E-state index contributed by atoms with van der Waals surface area (Å²) < 4.78 is 30.5. The van der Waals surface area contributed by atoms with Gasteiger partial charge in [-0.1, -0.05) is 0 Å². The highest BCUT2D eigenvalue weighted by atomic mass is 79.9. The normalized spacial score (nSPS) is 11.3. The Kier molecular flexibility index (Phi) is 4.07. The summed E-state index contributed by atoms with van der Waals surface area (Å²) in [6.07, 6.45) is 1.74. The number of fused-ring (bicyclic) bond motifs is 1. The highest BCUT2D eigenvalue weighted by Crippen LogP contribution is 2.26. The number of hydrogen-bond acceptors (Lipinski definition) is 6. The Hall–Kier alpha value is -2.36. The Balaban J connectivity index is 1.94. The molecule has 0 aliphatic rings. The van der Waals surface area contributed by atoms with Crippen LogP contribution < -0.4 is 10.5 Å². The van der Waals surface area contributed by atoms with Gasteiger partial charge < -0.3 is 10.5 Å². The van der Waals surface area contributed by atoms with Gasteiger partial charge in [-0.15, -0.1) is 0 Å². The first-order valence-corrected chi connectivity index (χ1v) is 7.30. The van der Waals surface area contributed by atoms with Crippen molar-refractivity contribution in [3.05, 3.63) is 40.0 Å². The average molecular weight is 385 g/mol. The molecule has 3 rings (SSSR count). The number of nitrogen functional groups attached to an aromatic ring is 1. The largest absolute Gasteiger partial charge is 0.432 e. The van der Waals surface area contributed by atoms with Crippen molar-refractivity contribution in [1.29, 1.82) is 0 Å². The van der Waals surface area contributed by atoms with E-state index in [1.807, 2.05) is 6.92 Å². The molecule has 3 aromatic rings. The Bertz CT molecular complexity index is 869. The monoisotopic (exact) mass is 384 g/mol. The second-order valence-corrected chi connectivity index (χ2v) is 5.43. The molecule has 2 N–H and O–H groups in total. The van der Waals surface area contributed by atoms with Crippen LogP contribution in [0, 0.1) is 6.92 Å². The lowest BCUT2D eigenvalue weighted by atomic mass is 10.1. The molecule has 3 aromatic heterocycles. The van der Waals surface area contributed by atoms with Gasteiger partial charge in [0.1, 0.15) is 16.7 Å². The van der Waals surface area contributed by atoms with E-state index in [4.69, 9.17) is 5.73 Å². The minimum Gasteiger partial charge on any atom is -0.432 e. The number of aromatic nitrogens is 5. The van der Waals surface area contributed by atoms with E-state index in [0.717, 1.165) is 5.56 Å². The fraction of sp³-hybridized carbons (Fsp3) is 0.231. The minimum atomic E-state index is -2.91. The van der Waals surface area contributed by atoms with E-state index in [1.165, 1.54) is 16.9 Å². The van der Waals surface area contributed by atoms with E-state index in [9.17, 15) is 8.78 Å². The molecule has 7 nitrogen and oxygen atoms in total. The number of halogens is 3. The number of pyridine rings is 1. The van der Waals surface area contributed by atoms with Crippen molar-refractivity contribution in [3.63, 3.8) is 0 Å². The zero-order chi connectivity index (χ0) is 16.6. The van der Waals surface area contributed by atoms with Crippen LogP contribution in [-0.2, 0) is 6.42 Å². The van der Waals surface area contributed by atoms with Gasteiger partial charge >= 0.3 is 6.61 Å². The van der Waals surface area contributed by atoms with Crippen LogP contribution in [0.25, 0.3) is 5.78 Å². The lowest BCUT2D eigenvalue weighted by Gasteiger charge is -2.11. The molecule has 0 amide bonds. The first-order valence-electron chi connectivity index (χ1n) is 6.50. The Morgan fingerprint density at radius 2 is 2.13 bits per heavy atom. The summed E-state index contributed by atoms with van der Waals surface area (Å²) in [5, 5.41) is 4.01. The van der Waals surface area contributed by atoms with Crippen LogP contribution in [0.4, 0.5) is 14.6 Å². The first kappa shape index (κ1) is 15.5. The number of nitrogens with two attached hydrogens (primary N) is 1. The van der Waals surface area contributed by atoms with Gasteiger partial charge in [0.25, 0.3) is 5.78 Å².